The van der Waals surface area contributed by atoms with Crippen LogP contribution >= 0.6 is 11.8 Å². The molecule has 0 saturated carbocycles. The van der Waals surface area contributed by atoms with Crippen molar-refractivity contribution in [3.05, 3.63) is 71.0 Å². The first kappa shape index (κ1) is 24.0. The van der Waals surface area contributed by atoms with Gasteiger partial charge in [-0.1, -0.05) is 55.5 Å². The Labute approximate surface area is 196 Å². The summed E-state index contributed by atoms with van der Waals surface area (Å²) in [5, 5.41) is 1.02. The predicted octanol–water partition coefficient (Wildman–Crippen LogP) is 6.31. The molecule has 0 aliphatic carbocycles. The number of para-hydroxylation sites is 1. The Morgan fingerprint density at radius 2 is 1.22 bits per heavy atom. The van der Waals surface area contributed by atoms with Crippen LogP contribution < -0.4 is 15.4 Å². The van der Waals surface area contributed by atoms with Crippen LogP contribution in [-0.2, 0) is 0 Å². The summed E-state index contributed by atoms with van der Waals surface area (Å²) in [5.74, 6) is 0.892. The van der Waals surface area contributed by atoms with Crippen LogP contribution in [0.25, 0.3) is 16.8 Å². The van der Waals surface area contributed by atoms with Crippen LogP contribution in [0, 0.1) is 0 Å². The molecule has 5 heteroatoms. The third kappa shape index (κ3) is 4.58. The summed E-state index contributed by atoms with van der Waals surface area (Å²) in [5.41, 5.74) is 4.90. The Kier molecular flexibility index (Phi) is 8.46. The second kappa shape index (κ2) is 11.3. The number of hydrogen-bond acceptors (Lipinski definition) is 4. The predicted molar refractivity (Wildman–Crippen MR) is 141 cm³/mol. The number of anilines is 2. The lowest BCUT2D eigenvalue weighted by Gasteiger charge is -2.35. The zero-order valence-electron chi connectivity index (χ0n) is 20.0. The van der Waals surface area contributed by atoms with Gasteiger partial charge >= 0.3 is 0 Å². The van der Waals surface area contributed by atoms with Gasteiger partial charge in [-0.15, -0.1) is 11.8 Å². The van der Waals surface area contributed by atoms with Crippen LogP contribution in [-0.4, -0.2) is 36.5 Å². The molecule has 0 saturated heterocycles. The second-order valence-corrected chi connectivity index (χ2v) is 8.75. The number of pyridine rings is 1. The first-order chi connectivity index (χ1) is 15.6. The van der Waals surface area contributed by atoms with Crippen LogP contribution in [0.4, 0.5) is 11.4 Å². The van der Waals surface area contributed by atoms with E-state index in [4.69, 9.17) is 0 Å². The summed E-state index contributed by atoms with van der Waals surface area (Å²) in [6.45, 7) is 14.3. The standard InChI is InChI=1S/C27H35N3OS/c1-6-28(7-2)24-23(21-17-13-11-14-18-21)26(31)30(22-19-15-12-16-20-22)27(32-10-5)25(24)29(8-3)9-4/h11-20H,6-10H2,1-5H3. The third-order valence-electron chi connectivity index (χ3n) is 5.80. The molecule has 2 aromatic carbocycles. The van der Waals surface area contributed by atoms with E-state index in [-0.39, 0.29) is 5.56 Å². The quantitative estimate of drug-likeness (QED) is 0.339. The smallest absolute Gasteiger partial charge is 0.266 e. The largest absolute Gasteiger partial charge is 0.370 e. The van der Waals surface area contributed by atoms with Crippen molar-refractivity contribution in [1.82, 2.24) is 4.57 Å². The van der Waals surface area contributed by atoms with Gasteiger partial charge in [-0.2, -0.15) is 0 Å². The lowest BCUT2D eigenvalue weighted by atomic mass is 10.0. The molecule has 0 aliphatic rings. The highest BCUT2D eigenvalue weighted by Crippen LogP contribution is 2.44. The van der Waals surface area contributed by atoms with Gasteiger partial charge in [0.25, 0.3) is 5.56 Å². The summed E-state index contributed by atoms with van der Waals surface area (Å²) < 4.78 is 1.93. The van der Waals surface area contributed by atoms with Crippen molar-refractivity contribution in [2.24, 2.45) is 0 Å². The third-order valence-corrected chi connectivity index (χ3v) is 6.74. The maximum atomic E-state index is 14.3. The van der Waals surface area contributed by atoms with Gasteiger partial charge in [0.2, 0.25) is 0 Å². The van der Waals surface area contributed by atoms with E-state index in [9.17, 15) is 4.79 Å². The molecule has 0 spiro atoms. The van der Waals surface area contributed by atoms with Gasteiger partial charge in [0, 0.05) is 31.9 Å². The van der Waals surface area contributed by atoms with Crippen LogP contribution in [0.3, 0.4) is 0 Å². The number of rotatable bonds is 10. The molecular weight excluding hydrogens is 414 g/mol. The minimum absolute atomic E-state index is 0.0381. The van der Waals surface area contributed by atoms with Crippen LogP contribution in [0.1, 0.15) is 34.6 Å². The fourth-order valence-corrected chi connectivity index (χ4v) is 5.20. The van der Waals surface area contributed by atoms with Crippen molar-refractivity contribution in [1.29, 1.82) is 0 Å². The summed E-state index contributed by atoms with van der Waals surface area (Å²) >= 11 is 1.75. The number of thioether (sulfide) groups is 1. The number of nitrogens with zero attached hydrogens (tertiary/aromatic N) is 3. The highest BCUT2D eigenvalue weighted by atomic mass is 32.2. The van der Waals surface area contributed by atoms with E-state index in [0.29, 0.717) is 0 Å². The number of hydrogen-bond donors (Lipinski definition) is 0. The first-order valence-corrected chi connectivity index (χ1v) is 12.7. The average molecular weight is 450 g/mol. The fourth-order valence-electron chi connectivity index (χ4n) is 4.25. The van der Waals surface area contributed by atoms with Crippen molar-refractivity contribution in [3.63, 3.8) is 0 Å². The SMILES string of the molecule is CCSc1c(N(CC)CC)c(N(CC)CC)c(-c2ccccc2)c(=O)n1-c1ccccc1. The number of benzene rings is 2. The molecule has 0 bridgehead atoms. The molecule has 3 rings (SSSR count). The summed E-state index contributed by atoms with van der Waals surface area (Å²) in [4.78, 5) is 19.0. The lowest BCUT2D eigenvalue weighted by Crippen LogP contribution is -2.34. The molecule has 3 aromatic rings. The first-order valence-electron chi connectivity index (χ1n) is 11.7. The van der Waals surface area contributed by atoms with E-state index in [1.165, 1.54) is 0 Å². The van der Waals surface area contributed by atoms with Crippen LogP contribution in [0.15, 0.2) is 70.5 Å². The van der Waals surface area contributed by atoms with E-state index in [2.05, 4.69) is 56.6 Å². The maximum absolute atomic E-state index is 14.3. The second-order valence-electron chi connectivity index (χ2n) is 7.50. The van der Waals surface area contributed by atoms with Gasteiger partial charge in [0.15, 0.2) is 0 Å². The molecule has 0 amide bonds. The van der Waals surface area contributed by atoms with Gasteiger partial charge in [-0.05, 0) is 51.1 Å². The van der Waals surface area contributed by atoms with Gasteiger partial charge in [-0.25, -0.2) is 0 Å². The summed E-state index contributed by atoms with van der Waals surface area (Å²) in [7, 11) is 0. The van der Waals surface area contributed by atoms with Gasteiger partial charge < -0.3 is 9.80 Å². The lowest BCUT2D eigenvalue weighted by molar-refractivity contribution is 0.783. The Balaban J connectivity index is 2.58. The fraction of sp³-hybridized carbons (Fsp3) is 0.370. The normalized spacial score (nSPS) is 10.9. The van der Waals surface area contributed by atoms with E-state index in [1.807, 2.05) is 53.1 Å². The molecule has 1 heterocycles. The van der Waals surface area contributed by atoms with Crippen molar-refractivity contribution >= 4 is 23.1 Å². The molecule has 32 heavy (non-hydrogen) atoms. The zero-order chi connectivity index (χ0) is 23.1. The van der Waals surface area contributed by atoms with Crippen molar-refractivity contribution in [3.8, 4) is 16.8 Å². The van der Waals surface area contributed by atoms with Crippen molar-refractivity contribution < 1.29 is 0 Å². The highest BCUT2D eigenvalue weighted by molar-refractivity contribution is 7.99. The minimum Gasteiger partial charge on any atom is -0.370 e. The monoisotopic (exact) mass is 449 g/mol. The number of aromatic nitrogens is 1. The van der Waals surface area contributed by atoms with Gasteiger partial charge in [-0.3, -0.25) is 9.36 Å². The average Bonchev–Trinajstić information content (AvgIpc) is 2.83. The molecule has 0 aliphatic heterocycles. The Morgan fingerprint density at radius 3 is 1.72 bits per heavy atom. The summed E-state index contributed by atoms with van der Waals surface area (Å²) in [6, 6.07) is 20.2. The van der Waals surface area contributed by atoms with E-state index < -0.39 is 0 Å². The van der Waals surface area contributed by atoms with Crippen molar-refractivity contribution in [2.75, 3.05) is 41.7 Å². The molecule has 0 N–H and O–H groups in total. The van der Waals surface area contributed by atoms with Crippen LogP contribution in [0.2, 0.25) is 0 Å². The molecule has 0 atom stereocenters. The zero-order valence-corrected chi connectivity index (χ0v) is 20.8. The molecule has 0 unspecified atom stereocenters. The molecule has 1 aromatic heterocycles. The van der Waals surface area contributed by atoms with Crippen molar-refractivity contribution in [2.45, 2.75) is 39.6 Å². The molecular formula is C27H35N3OS. The molecule has 4 nitrogen and oxygen atoms in total. The van der Waals surface area contributed by atoms with E-state index >= 15 is 0 Å². The van der Waals surface area contributed by atoms with Crippen LogP contribution in [0.5, 0.6) is 0 Å². The Hall–Kier alpha value is -2.66. The van der Waals surface area contributed by atoms with Gasteiger partial charge in [0.05, 0.1) is 16.9 Å². The van der Waals surface area contributed by atoms with E-state index in [1.54, 1.807) is 11.8 Å². The molecule has 170 valence electrons. The Morgan fingerprint density at radius 1 is 0.719 bits per heavy atom. The highest BCUT2D eigenvalue weighted by Gasteiger charge is 2.28. The topological polar surface area (TPSA) is 28.5 Å². The van der Waals surface area contributed by atoms with E-state index in [0.717, 1.165) is 65.1 Å². The maximum Gasteiger partial charge on any atom is 0.266 e. The molecule has 0 radical (unpaired) electrons. The molecule has 0 fully saturated rings. The summed E-state index contributed by atoms with van der Waals surface area (Å²) in [6.07, 6.45) is 0. The van der Waals surface area contributed by atoms with Gasteiger partial charge in [0.1, 0.15) is 5.03 Å². The Bertz CT molecular complexity index is 1060. The minimum atomic E-state index is 0.0381.